The molecule has 0 saturated carbocycles. The minimum Gasteiger partial charge on any atom is -0.489 e. The predicted octanol–water partition coefficient (Wildman–Crippen LogP) is 4.63. The summed E-state index contributed by atoms with van der Waals surface area (Å²) in [6.07, 6.45) is -0.207. The van der Waals surface area contributed by atoms with Crippen molar-refractivity contribution >= 4 is 19.8 Å². The van der Waals surface area contributed by atoms with Gasteiger partial charge in [-0.15, -0.1) is 0 Å². The standard InChI is InChI=1S/C31H36NO11P/c32-27(31(34)35)20-41-44(36,37)43-28-10-5-17-38-29(28)21-40-30(33)16-13-22-11-14-24(15-12-22)39-19-23-6-4-9-26(18-23)42-25-7-2-1-3-8-25/h1-4,6-9,11-12,14-15,18,27-29H,5,10,13,16-17,19-21,32H2,(H,34,35)(H,36,37)/t27-,28+,29+/m0/s1. The Morgan fingerprint density at radius 2 is 1.73 bits per heavy atom. The van der Waals surface area contributed by atoms with Gasteiger partial charge in [-0.05, 0) is 66.8 Å². The normalized spacial score (nSPS) is 18.5. The number of aryl methyl sites for hydroxylation is 1. The van der Waals surface area contributed by atoms with Crippen LogP contribution < -0.4 is 15.2 Å². The number of carboxylic acids is 1. The molecule has 0 amide bonds. The number of aliphatic carboxylic acids is 1. The number of phosphoric acid groups is 1. The van der Waals surface area contributed by atoms with E-state index < -0.39 is 44.6 Å². The maximum atomic E-state index is 12.4. The van der Waals surface area contributed by atoms with Crippen molar-refractivity contribution in [3.8, 4) is 17.2 Å². The fraction of sp³-hybridized carbons (Fsp3) is 0.355. The van der Waals surface area contributed by atoms with Gasteiger partial charge in [0, 0.05) is 13.0 Å². The zero-order valence-corrected chi connectivity index (χ0v) is 24.9. The number of rotatable bonds is 16. The summed E-state index contributed by atoms with van der Waals surface area (Å²) in [4.78, 5) is 33.2. The van der Waals surface area contributed by atoms with Gasteiger partial charge in [0.1, 0.15) is 42.6 Å². The highest BCUT2D eigenvalue weighted by molar-refractivity contribution is 7.47. The molecule has 1 fully saturated rings. The lowest BCUT2D eigenvalue weighted by Crippen LogP contribution is -2.40. The number of benzene rings is 3. The maximum absolute atomic E-state index is 12.4. The van der Waals surface area contributed by atoms with E-state index in [4.69, 9.17) is 38.8 Å². The fourth-order valence-electron chi connectivity index (χ4n) is 4.27. The van der Waals surface area contributed by atoms with E-state index in [1.54, 1.807) is 0 Å². The van der Waals surface area contributed by atoms with Crippen molar-refractivity contribution in [1.29, 1.82) is 0 Å². The Morgan fingerprint density at radius 1 is 0.977 bits per heavy atom. The summed E-state index contributed by atoms with van der Waals surface area (Å²) in [7, 11) is -4.61. The molecule has 13 heteroatoms. The number of ether oxygens (including phenoxy) is 4. The third kappa shape index (κ3) is 11.1. The average Bonchev–Trinajstić information content (AvgIpc) is 3.02. The molecular weight excluding hydrogens is 593 g/mol. The zero-order valence-electron chi connectivity index (χ0n) is 24.0. The summed E-state index contributed by atoms with van der Waals surface area (Å²) in [5, 5.41) is 8.80. The number of para-hydroxylation sites is 1. The second-order valence-electron chi connectivity index (χ2n) is 10.1. The molecule has 3 aromatic carbocycles. The van der Waals surface area contributed by atoms with Crippen molar-refractivity contribution in [2.24, 2.45) is 5.73 Å². The first-order chi connectivity index (χ1) is 21.2. The van der Waals surface area contributed by atoms with E-state index in [1.807, 2.05) is 78.9 Å². The van der Waals surface area contributed by atoms with Crippen LogP contribution in [0.25, 0.3) is 0 Å². The molecule has 44 heavy (non-hydrogen) atoms. The van der Waals surface area contributed by atoms with E-state index in [2.05, 4.69) is 0 Å². The minimum atomic E-state index is -4.61. The van der Waals surface area contributed by atoms with Crippen molar-refractivity contribution in [2.75, 3.05) is 19.8 Å². The van der Waals surface area contributed by atoms with Crippen LogP contribution in [0.3, 0.4) is 0 Å². The SMILES string of the molecule is N[C@@H](COP(=O)(O)O[C@@H]1CCCO[C@@H]1COC(=O)CCc1ccc(OCc2cccc(Oc3ccccc3)c2)cc1)C(=O)O. The number of hydrogen-bond acceptors (Lipinski definition) is 10. The van der Waals surface area contributed by atoms with Crippen LogP contribution in [0.5, 0.6) is 17.2 Å². The van der Waals surface area contributed by atoms with Crippen LogP contribution in [0, 0.1) is 0 Å². The van der Waals surface area contributed by atoms with Gasteiger partial charge in [-0.1, -0.05) is 42.5 Å². The largest absolute Gasteiger partial charge is 0.489 e. The number of carboxylic acid groups (broad SMARTS) is 1. The van der Waals surface area contributed by atoms with E-state index in [0.29, 0.717) is 38.2 Å². The summed E-state index contributed by atoms with van der Waals surface area (Å²) in [5.41, 5.74) is 7.17. The Hall–Kier alpha value is -3.77. The highest BCUT2D eigenvalue weighted by Gasteiger charge is 2.36. The molecule has 0 spiro atoms. The first-order valence-electron chi connectivity index (χ1n) is 14.1. The van der Waals surface area contributed by atoms with Crippen LogP contribution in [-0.4, -0.2) is 60.0 Å². The third-order valence-electron chi connectivity index (χ3n) is 6.62. The van der Waals surface area contributed by atoms with Gasteiger partial charge in [0.05, 0.1) is 12.7 Å². The fourth-order valence-corrected chi connectivity index (χ4v) is 5.27. The lowest BCUT2D eigenvalue weighted by atomic mass is 10.1. The number of phosphoric ester groups is 1. The molecule has 1 heterocycles. The second kappa shape index (κ2) is 16.3. The molecule has 1 saturated heterocycles. The van der Waals surface area contributed by atoms with E-state index in [0.717, 1.165) is 22.6 Å². The molecule has 12 nitrogen and oxygen atoms in total. The summed E-state index contributed by atoms with van der Waals surface area (Å²) >= 11 is 0. The van der Waals surface area contributed by atoms with E-state index in [9.17, 15) is 19.0 Å². The maximum Gasteiger partial charge on any atom is 0.472 e. The van der Waals surface area contributed by atoms with E-state index in [1.165, 1.54) is 0 Å². The molecule has 1 unspecified atom stereocenters. The molecule has 1 aliphatic heterocycles. The number of esters is 1. The highest BCUT2D eigenvalue weighted by Crippen LogP contribution is 2.46. The topological polar surface area (TPSA) is 173 Å². The van der Waals surface area contributed by atoms with Crippen molar-refractivity contribution in [3.63, 3.8) is 0 Å². The van der Waals surface area contributed by atoms with Crippen LogP contribution in [0.4, 0.5) is 0 Å². The van der Waals surface area contributed by atoms with Gasteiger partial charge < -0.3 is 34.7 Å². The van der Waals surface area contributed by atoms with E-state index >= 15 is 0 Å². The summed E-state index contributed by atoms with van der Waals surface area (Å²) in [5.74, 6) is 0.310. The van der Waals surface area contributed by atoms with Crippen molar-refractivity contribution in [3.05, 3.63) is 90.0 Å². The first-order valence-corrected chi connectivity index (χ1v) is 15.6. The molecule has 3 aromatic rings. The van der Waals surface area contributed by atoms with Crippen LogP contribution >= 0.6 is 7.82 Å². The molecule has 0 aliphatic carbocycles. The van der Waals surface area contributed by atoms with Gasteiger partial charge in [-0.3, -0.25) is 18.6 Å². The molecule has 4 atom stereocenters. The Labute approximate surface area is 255 Å². The van der Waals surface area contributed by atoms with Gasteiger partial charge >= 0.3 is 19.8 Å². The number of carbonyl (C=O) groups is 2. The Balaban J connectivity index is 1.18. The lowest BCUT2D eigenvalue weighted by molar-refractivity contribution is -0.154. The number of carbonyl (C=O) groups excluding carboxylic acids is 1. The first kappa shape index (κ1) is 33.1. The molecule has 4 N–H and O–H groups in total. The van der Waals surface area contributed by atoms with Crippen LogP contribution in [0.1, 0.15) is 30.4 Å². The van der Waals surface area contributed by atoms with Crippen LogP contribution in [0.2, 0.25) is 0 Å². The molecule has 0 aromatic heterocycles. The zero-order chi connectivity index (χ0) is 31.4. The van der Waals surface area contributed by atoms with Crippen molar-refractivity contribution in [1.82, 2.24) is 0 Å². The highest BCUT2D eigenvalue weighted by atomic mass is 31.2. The van der Waals surface area contributed by atoms with Crippen LogP contribution in [-0.2, 0) is 45.7 Å². The number of nitrogens with two attached hydrogens (primary N) is 1. The summed E-state index contributed by atoms with van der Waals surface area (Å²) in [6, 6.07) is 23.2. The lowest BCUT2D eigenvalue weighted by Gasteiger charge is -2.32. The molecule has 4 rings (SSSR count). The molecule has 1 aliphatic rings. The van der Waals surface area contributed by atoms with Crippen molar-refractivity contribution in [2.45, 2.75) is 50.5 Å². The molecular formula is C31H36NO11P. The second-order valence-corrected chi connectivity index (χ2v) is 11.5. The Bertz CT molecular complexity index is 1400. The summed E-state index contributed by atoms with van der Waals surface area (Å²) < 4.78 is 44.8. The smallest absolute Gasteiger partial charge is 0.472 e. The molecule has 0 radical (unpaired) electrons. The number of hydrogen-bond donors (Lipinski definition) is 3. The van der Waals surface area contributed by atoms with Gasteiger partial charge in [0.15, 0.2) is 0 Å². The van der Waals surface area contributed by atoms with E-state index in [-0.39, 0.29) is 13.0 Å². The Morgan fingerprint density at radius 3 is 2.48 bits per heavy atom. The van der Waals surface area contributed by atoms with Gasteiger partial charge in [-0.2, -0.15) is 0 Å². The third-order valence-corrected chi connectivity index (χ3v) is 7.63. The monoisotopic (exact) mass is 629 g/mol. The van der Waals surface area contributed by atoms with Gasteiger partial charge in [-0.25, -0.2) is 4.57 Å². The summed E-state index contributed by atoms with van der Waals surface area (Å²) in [6.45, 7) is -0.159. The molecule has 0 bridgehead atoms. The van der Waals surface area contributed by atoms with Crippen LogP contribution in [0.15, 0.2) is 78.9 Å². The quantitative estimate of drug-likeness (QED) is 0.148. The van der Waals surface area contributed by atoms with Gasteiger partial charge in [0.25, 0.3) is 0 Å². The minimum absolute atomic E-state index is 0.112. The molecule has 236 valence electrons. The van der Waals surface area contributed by atoms with Crippen molar-refractivity contribution < 1.29 is 52.1 Å². The average molecular weight is 630 g/mol. The predicted molar refractivity (Wildman–Crippen MR) is 158 cm³/mol. The van der Waals surface area contributed by atoms with Gasteiger partial charge in [0.2, 0.25) is 0 Å². The Kier molecular flexibility index (Phi) is 12.3.